The Balaban J connectivity index is 2.07. The summed E-state index contributed by atoms with van der Waals surface area (Å²) in [4.78, 5) is 17.7. The number of unbranched alkanes of at least 4 members (excludes halogenated alkanes) is 11. The van der Waals surface area contributed by atoms with E-state index < -0.39 is 0 Å². The zero-order chi connectivity index (χ0) is 17.6. The quantitative estimate of drug-likeness (QED) is 0.307. The predicted molar refractivity (Wildman–Crippen MR) is 106 cm³/mol. The average Bonchev–Trinajstić information content (AvgIpc) is 2.55. The lowest BCUT2D eigenvalue weighted by Crippen LogP contribution is -2.17. The molecule has 4 heteroatoms. The molecule has 0 radical (unpaired) electrons. The van der Waals surface area contributed by atoms with E-state index in [1.54, 1.807) is 0 Å². The van der Waals surface area contributed by atoms with Crippen molar-refractivity contribution in [1.29, 1.82) is 0 Å². The molecule has 3 nitrogen and oxygen atoms in total. The molecule has 24 heavy (non-hydrogen) atoms. The second kappa shape index (κ2) is 13.4. The molecule has 0 amide bonds. The fraction of sp³-hybridized carbons (Fsp3) is 0.800. The smallest absolute Gasteiger partial charge is 0.255 e. The van der Waals surface area contributed by atoms with Gasteiger partial charge in [-0.15, -0.1) is 0 Å². The van der Waals surface area contributed by atoms with E-state index >= 15 is 0 Å². The molecule has 1 rings (SSSR count). The fourth-order valence-electron chi connectivity index (χ4n) is 3.29. The highest BCUT2D eigenvalue weighted by atomic mass is 32.1. The van der Waals surface area contributed by atoms with E-state index in [-0.39, 0.29) is 5.56 Å². The molecule has 0 unspecified atom stereocenters. The maximum atomic E-state index is 11.9. The van der Waals surface area contributed by atoms with Gasteiger partial charge < -0.3 is 4.98 Å². The first-order valence-electron chi connectivity index (χ1n) is 10.0. The van der Waals surface area contributed by atoms with Crippen LogP contribution in [0.15, 0.2) is 4.79 Å². The molecule has 2 N–H and O–H groups in total. The summed E-state index contributed by atoms with van der Waals surface area (Å²) in [6.07, 6.45) is 17.9. The van der Waals surface area contributed by atoms with Gasteiger partial charge in [0.15, 0.2) is 4.77 Å². The first kappa shape index (κ1) is 21.1. The first-order valence-corrected chi connectivity index (χ1v) is 10.4. The van der Waals surface area contributed by atoms with E-state index in [1.807, 2.05) is 6.92 Å². The van der Waals surface area contributed by atoms with Crippen molar-refractivity contribution < 1.29 is 0 Å². The normalized spacial score (nSPS) is 11.1. The van der Waals surface area contributed by atoms with E-state index in [0.29, 0.717) is 4.77 Å². The number of nitrogens with one attached hydrogen (secondary N) is 2. The second-order valence-electron chi connectivity index (χ2n) is 6.86. The van der Waals surface area contributed by atoms with E-state index in [4.69, 9.17) is 12.2 Å². The molecule has 0 saturated carbocycles. The molecule has 1 aromatic heterocycles. The van der Waals surface area contributed by atoms with Gasteiger partial charge in [-0.2, -0.15) is 0 Å². The SMILES string of the molecule is CCCCCCCCCCCCCCc1[nH]c(=S)[nH]c(=O)c1CC. The van der Waals surface area contributed by atoms with E-state index in [0.717, 1.165) is 30.5 Å². The molecule has 0 saturated heterocycles. The Kier molecular flexibility index (Phi) is 11.8. The Morgan fingerprint density at radius 1 is 0.750 bits per heavy atom. The Morgan fingerprint density at radius 2 is 1.25 bits per heavy atom. The fourth-order valence-corrected chi connectivity index (χ4v) is 3.51. The lowest BCUT2D eigenvalue weighted by Gasteiger charge is -2.07. The van der Waals surface area contributed by atoms with Gasteiger partial charge in [0.2, 0.25) is 0 Å². The Morgan fingerprint density at radius 3 is 1.75 bits per heavy atom. The van der Waals surface area contributed by atoms with Gasteiger partial charge in [-0.05, 0) is 31.5 Å². The van der Waals surface area contributed by atoms with Crippen LogP contribution in [-0.2, 0) is 12.8 Å². The molecular formula is C20H36N2OS. The van der Waals surface area contributed by atoms with Crippen LogP contribution in [-0.4, -0.2) is 9.97 Å². The molecule has 138 valence electrons. The van der Waals surface area contributed by atoms with Crippen molar-refractivity contribution in [2.45, 2.75) is 104 Å². The molecule has 0 spiro atoms. The molecule has 1 heterocycles. The zero-order valence-corrected chi connectivity index (χ0v) is 16.5. The number of aromatic amines is 2. The monoisotopic (exact) mass is 352 g/mol. The van der Waals surface area contributed by atoms with E-state index in [2.05, 4.69) is 16.9 Å². The van der Waals surface area contributed by atoms with Crippen LogP contribution in [0, 0.1) is 4.77 Å². The topological polar surface area (TPSA) is 48.6 Å². The van der Waals surface area contributed by atoms with Crippen LogP contribution in [0.4, 0.5) is 0 Å². The number of aryl methyl sites for hydroxylation is 1. The Hall–Kier alpha value is -0.900. The average molecular weight is 353 g/mol. The minimum Gasteiger partial charge on any atom is -0.336 e. The highest BCUT2D eigenvalue weighted by Gasteiger charge is 2.06. The van der Waals surface area contributed by atoms with Gasteiger partial charge in [0, 0.05) is 11.3 Å². The zero-order valence-electron chi connectivity index (χ0n) is 15.7. The van der Waals surface area contributed by atoms with E-state index in [1.165, 1.54) is 70.6 Å². The van der Waals surface area contributed by atoms with Crippen LogP contribution in [0.5, 0.6) is 0 Å². The van der Waals surface area contributed by atoms with Crippen LogP contribution in [0.1, 0.15) is 102 Å². The van der Waals surface area contributed by atoms with E-state index in [9.17, 15) is 4.79 Å². The van der Waals surface area contributed by atoms with Gasteiger partial charge in [-0.1, -0.05) is 84.5 Å². The van der Waals surface area contributed by atoms with Gasteiger partial charge in [0.25, 0.3) is 5.56 Å². The van der Waals surface area contributed by atoms with Crippen molar-refractivity contribution in [3.8, 4) is 0 Å². The number of rotatable bonds is 14. The Bertz CT molecular complexity index is 547. The van der Waals surface area contributed by atoms with Gasteiger partial charge >= 0.3 is 0 Å². The molecule has 0 fully saturated rings. The summed E-state index contributed by atoms with van der Waals surface area (Å²) in [5.74, 6) is 0. The Labute approximate surface area is 152 Å². The highest BCUT2D eigenvalue weighted by Crippen LogP contribution is 2.13. The van der Waals surface area contributed by atoms with Crippen LogP contribution in [0.3, 0.4) is 0 Å². The summed E-state index contributed by atoms with van der Waals surface area (Å²) in [5.41, 5.74) is 1.89. The lowest BCUT2D eigenvalue weighted by atomic mass is 10.0. The van der Waals surface area contributed by atoms with Crippen LogP contribution in [0.2, 0.25) is 0 Å². The molecule has 0 aliphatic heterocycles. The largest absolute Gasteiger partial charge is 0.336 e. The number of aromatic nitrogens is 2. The van der Waals surface area contributed by atoms with Crippen molar-refractivity contribution in [3.05, 3.63) is 26.4 Å². The van der Waals surface area contributed by atoms with Gasteiger partial charge in [-0.25, -0.2) is 0 Å². The lowest BCUT2D eigenvalue weighted by molar-refractivity contribution is 0.543. The number of hydrogen-bond acceptors (Lipinski definition) is 2. The summed E-state index contributed by atoms with van der Waals surface area (Å²) >= 11 is 5.08. The second-order valence-corrected chi connectivity index (χ2v) is 7.27. The third kappa shape index (κ3) is 8.81. The van der Waals surface area contributed by atoms with Gasteiger partial charge in [-0.3, -0.25) is 9.78 Å². The molecule has 0 bridgehead atoms. The van der Waals surface area contributed by atoms with Crippen molar-refractivity contribution in [2.75, 3.05) is 0 Å². The summed E-state index contributed by atoms with van der Waals surface area (Å²) in [6, 6.07) is 0. The van der Waals surface area contributed by atoms with Crippen molar-refractivity contribution in [1.82, 2.24) is 9.97 Å². The molecule has 0 aliphatic rings. The number of H-pyrrole nitrogens is 2. The number of hydrogen-bond donors (Lipinski definition) is 2. The summed E-state index contributed by atoms with van der Waals surface area (Å²) in [5, 5.41) is 0. The maximum Gasteiger partial charge on any atom is 0.255 e. The minimum atomic E-state index is -0.0183. The van der Waals surface area contributed by atoms with Gasteiger partial charge in [0.1, 0.15) is 0 Å². The summed E-state index contributed by atoms with van der Waals surface area (Å²) in [6.45, 7) is 4.29. The standard InChI is InChI=1S/C20H36N2OS/c1-3-5-6-7-8-9-10-11-12-13-14-15-16-18-17(4-2)19(23)22-20(24)21-18/h3-16H2,1-2H3,(H2,21,22,23,24). The maximum absolute atomic E-state index is 11.9. The van der Waals surface area contributed by atoms with Crippen molar-refractivity contribution >= 4 is 12.2 Å². The third-order valence-electron chi connectivity index (χ3n) is 4.76. The van der Waals surface area contributed by atoms with Crippen LogP contribution in [0.25, 0.3) is 0 Å². The summed E-state index contributed by atoms with van der Waals surface area (Å²) in [7, 11) is 0. The highest BCUT2D eigenvalue weighted by molar-refractivity contribution is 7.71. The molecule has 0 atom stereocenters. The third-order valence-corrected chi connectivity index (χ3v) is 4.97. The molecule has 0 aromatic carbocycles. The predicted octanol–water partition coefficient (Wildman–Crippen LogP) is 6.24. The van der Waals surface area contributed by atoms with Gasteiger partial charge in [0.05, 0.1) is 0 Å². The van der Waals surface area contributed by atoms with Crippen molar-refractivity contribution in [2.24, 2.45) is 0 Å². The molecule has 0 aliphatic carbocycles. The van der Waals surface area contributed by atoms with Crippen LogP contribution >= 0.6 is 12.2 Å². The van der Waals surface area contributed by atoms with Crippen LogP contribution < -0.4 is 5.56 Å². The summed E-state index contributed by atoms with van der Waals surface area (Å²) < 4.78 is 0.450. The molecule has 1 aromatic rings. The molecular weight excluding hydrogens is 316 g/mol. The minimum absolute atomic E-state index is 0.0183. The first-order chi connectivity index (χ1) is 11.7. The van der Waals surface area contributed by atoms with Crippen molar-refractivity contribution in [3.63, 3.8) is 0 Å².